The second-order valence-corrected chi connectivity index (χ2v) is 2.57. The van der Waals surface area contributed by atoms with Crippen molar-refractivity contribution in [2.24, 2.45) is 0 Å². The number of carbonyl (C=O) groups is 1. The van der Waals surface area contributed by atoms with Gasteiger partial charge in [0.1, 0.15) is 0 Å². The van der Waals surface area contributed by atoms with Crippen molar-refractivity contribution in [2.45, 2.75) is 6.42 Å². The summed E-state index contributed by atoms with van der Waals surface area (Å²) in [7, 11) is 0. The van der Waals surface area contributed by atoms with Crippen molar-refractivity contribution in [1.82, 2.24) is 9.97 Å². The largest absolute Gasteiger partial charge is 0.313 e. The van der Waals surface area contributed by atoms with Crippen molar-refractivity contribution >= 4 is 36.7 Å². The molecule has 0 aromatic carbocycles. The molecule has 1 aromatic heterocycles. The second kappa shape index (κ2) is 4.93. The van der Waals surface area contributed by atoms with Crippen LogP contribution in [0.15, 0.2) is 17.2 Å². The van der Waals surface area contributed by atoms with E-state index in [-0.39, 0.29) is 42.6 Å². The maximum atomic E-state index is 11.1. The van der Waals surface area contributed by atoms with Crippen LogP contribution >= 0.6 is 24.8 Å². The van der Waals surface area contributed by atoms with E-state index in [4.69, 9.17) is 0 Å². The molecule has 2 rings (SSSR count). The number of fused-ring (bicyclic) bond motifs is 1. The van der Waals surface area contributed by atoms with Crippen molar-refractivity contribution in [3.05, 3.63) is 34.0 Å². The molecule has 0 atom stereocenters. The minimum Gasteiger partial charge on any atom is -0.313 e. The zero-order valence-electron chi connectivity index (χ0n) is 7.02. The molecule has 0 unspecified atom stereocenters. The van der Waals surface area contributed by atoms with E-state index in [9.17, 15) is 9.59 Å². The van der Waals surface area contributed by atoms with E-state index in [1.165, 1.54) is 12.4 Å². The van der Waals surface area contributed by atoms with Gasteiger partial charge in [-0.3, -0.25) is 9.59 Å². The Morgan fingerprint density at radius 1 is 1.21 bits per heavy atom. The highest BCUT2D eigenvalue weighted by Crippen LogP contribution is 2.08. The summed E-state index contributed by atoms with van der Waals surface area (Å²) >= 11 is 0. The monoisotopic (exact) mass is 234 g/mol. The summed E-state index contributed by atoms with van der Waals surface area (Å²) in [6, 6.07) is 0. The van der Waals surface area contributed by atoms with Crippen LogP contribution in [0.2, 0.25) is 0 Å². The summed E-state index contributed by atoms with van der Waals surface area (Å²) in [5.74, 6) is -0.0546. The van der Waals surface area contributed by atoms with Gasteiger partial charge in [0.05, 0.1) is 17.6 Å². The highest BCUT2D eigenvalue weighted by atomic mass is 35.5. The molecule has 1 aromatic rings. The number of ketones is 1. The molecule has 0 saturated carbocycles. The topological polar surface area (TPSA) is 62.8 Å². The standard InChI is InChI=1S/C8H6N2O2.2ClH/c11-5-1-2-7-6(3-5)8(12)10-4-9-7;;/h1-2,4H,3H2,(H,9,10,12);2*1H. The Bertz CT molecular complexity index is 426. The molecule has 0 spiro atoms. The van der Waals surface area contributed by atoms with Gasteiger partial charge >= 0.3 is 0 Å². The highest BCUT2D eigenvalue weighted by molar-refractivity contribution is 5.97. The van der Waals surface area contributed by atoms with Crippen molar-refractivity contribution in [3.8, 4) is 0 Å². The molecule has 0 fully saturated rings. The smallest absolute Gasteiger partial charge is 0.254 e. The molecule has 1 N–H and O–H groups in total. The molecule has 4 nitrogen and oxygen atoms in total. The molecule has 0 radical (unpaired) electrons. The molecule has 0 aliphatic heterocycles. The summed E-state index contributed by atoms with van der Waals surface area (Å²) in [4.78, 5) is 28.4. The van der Waals surface area contributed by atoms with Crippen LogP contribution in [-0.2, 0) is 11.2 Å². The number of hydrogen-bond donors (Lipinski definition) is 1. The Kier molecular flexibility index (Phi) is 4.53. The molecule has 76 valence electrons. The molecule has 1 heterocycles. The Balaban J connectivity index is 0.000000845. The number of hydrogen-bond acceptors (Lipinski definition) is 3. The number of carbonyl (C=O) groups excluding carboxylic acids is 1. The first-order chi connectivity index (χ1) is 5.77. The number of nitrogens with one attached hydrogen (secondary N) is 1. The predicted octanol–water partition coefficient (Wildman–Crippen LogP) is 0.752. The van der Waals surface area contributed by atoms with Crippen LogP contribution in [0, 0.1) is 0 Å². The van der Waals surface area contributed by atoms with Crippen LogP contribution in [0.4, 0.5) is 0 Å². The number of aromatic amines is 1. The maximum Gasteiger partial charge on any atom is 0.254 e. The Morgan fingerprint density at radius 3 is 2.64 bits per heavy atom. The quantitative estimate of drug-likeness (QED) is 0.721. The van der Waals surface area contributed by atoms with Crippen LogP contribution < -0.4 is 5.56 Å². The zero-order chi connectivity index (χ0) is 8.55. The van der Waals surface area contributed by atoms with E-state index >= 15 is 0 Å². The van der Waals surface area contributed by atoms with Gasteiger partial charge in [-0.25, -0.2) is 4.98 Å². The lowest BCUT2D eigenvalue weighted by atomic mass is 10.0. The van der Waals surface area contributed by atoms with Crippen LogP contribution in [-0.4, -0.2) is 15.8 Å². The first kappa shape index (κ1) is 12.9. The molecular formula is C8H8Cl2N2O2. The van der Waals surface area contributed by atoms with Crippen LogP contribution in [0.25, 0.3) is 6.08 Å². The summed E-state index contributed by atoms with van der Waals surface area (Å²) in [5, 5.41) is 0. The van der Waals surface area contributed by atoms with Crippen molar-refractivity contribution in [2.75, 3.05) is 0 Å². The molecule has 1 aliphatic carbocycles. The number of H-pyrrole nitrogens is 1. The van der Waals surface area contributed by atoms with E-state index in [0.717, 1.165) is 0 Å². The van der Waals surface area contributed by atoms with E-state index in [0.29, 0.717) is 11.3 Å². The third-order valence-corrected chi connectivity index (χ3v) is 1.76. The Labute approximate surface area is 92.3 Å². The minimum atomic E-state index is -0.224. The lowest BCUT2D eigenvalue weighted by Gasteiger charge is -2.05. The van der Waals surface area contributed by atoms with Gasteiger partial charge in [-0.2, -0.15) is 0 Å². The fourth-order valence-corrected chi connectivity index (χ4v) is 1.16. The molecule has 0 saturated heterocycles. The fourth-order valence-electron chi connectivity index (χ4n) is 1.16. The second-order valence-electron chi connectivity index (χ2n) is 2.57. The number of halogens is 2. The first-order valence-electron chi connectivity index (χ1n) is 3.55. The van der Waals surface area contributed by atoms with Gasteiger partial charge in [0.2, 0.25) is 0 Å². The molecule has 14 heavy (non-hydrogen) atoms. The van der Waals surface area contributed by atoms with Crippen LogP contribution in [0.1, 0.15) is 11.3 Å². The number of allylic oxidation sites excluding steroid dienone is 1. The fraction of sp³-hybridized carbons (Fsp3) is 0.125. The summed E-state index contributed by atoms with van der Waals surface area (Å²) in [5.41, 5.74) is 0.834. The highest BCUT2D eigenvalue weighted by Gasteiger charge is 2.13. The first-order valence-corrected chi connectivity index (χ1v) is 3.55. The third kappa shape index (κ3) is 2.21. The van der Waals surface area contributed by atoms with E-state index < -0.39 is 0 Å². The van der Waals surface area contributed by atoms with Crippen molar-refractivity contribution in [3.63, 3.8) is 0 Å². The van der Waals surface area contributed by atoms with Gasteiger partial charge in [0, 0.05) is 6.42 Å². The van der Waals surface area contributed by atoms with Crippen molar-refractivity contribution < 1.29 is 4.79 Å². The Morgan fingerprint density at radius 2 is 1.93 bits per heavy atom. The number of nitrogens with zero attached hydrogens (tertiary/aromatic N) is 1. The average molecular weight is 235 g/mol. The van der Waals surface area contributed by atoms with Gasteiger partial charge < -0.3 is 4.98 Å². The molecule has 0 bridgehead atoms. The zero-order valence-corrected chi connectivity index (χ0v) is 8.65. The SMILES string of the molecule is Cl.Cl.O=C1C=Cc2nc[nH]c(=O)c2C1. The predicted molar refractivity (Wildman–Crippen MR) is 57.1 cm³/mol. The van der Waals surface area contributed by atoms with Crippen LogP contribution in [0.5, 0.6) is 0 Å². The summed E-state index contributed by atoms with van der Waals surface area (Å²) in [6.07, 6.45) is 4.50. The van der Waals surface area contributed by atoms with Crippen molar-refractivity contribution in [1.29, 1.82) is 0 Å². The normalized spacial score (nSPS) is 12.4. The summed E-state index contributed by atoms with van der Waals surface area (Å²) < 4.78 is 0. The molecule has 0 amide bonds. The van der Waals surface area contributed by atoms with E-state index in [1.807, 2.05) is 0 Å². The van der Waals surface area contributed by atoms with Gasteiger partial charge in [-0.15, -0.1) is 24.8 Å². The van der Waals surface area contributed by atoms with Gasteiger partial charge in [0.25, 0.3) is 5.56 Å². The van der Waals surface area contributed by atoms with Gasteiger partial charge in [0.15, 0.2) is 5.78 Å². The van der Waals surface area contributed by atoms with E-state index in [1.54, 1.807) is 6.08 Å². The van der Waals surface area contributed by atoms with Gasteiger partial charge in [-0.05, 0) is 12.2 Å². The summed E-state index contributed by atoms with van der Waals surface area (Å²) in [6.45, 7) is 0. The molecular weight excluding hydrogens is 227 g/mol. The Hall–Kier alpha value is -1.13. The number of aromatic nitrogens is 2. The average Bonchev–Trinajstić information content (AvgIpc) is 2.07. The lowest BCUT2D eigenvalue weighted by Crippen LogP contribution is -2.20. The minimum absolute atomic E-state index is 0. The van der Waals surface area contributed by atoms with E-state index in [2.05, 4.69) is 9.97 Å². The third-order valence-electron chi connectivity index (χ3n) is 1.76. The molecule has 6 heteroatoms. The molecule has 1 aliphatic rings. The lowest BCUT2D eigenvalue weighted by molar-refractivity contribution is -0.114. The van der Waals surface area contributed by atoms with Gasteiger partial charge in [-0.1, -0.05) is 0 Å². The maximum absolute atomic E-state index is 11.1. The number of rotatable bonds is 0. The van der Waals surface area contributed by atoms with Crippen LogP contribution in [0.3, 0.4) is 0 Å².